The molecule has 0 aliphatic heterocycles. The molecule has 1 amide bonds. The number of hydrogen-bond acceptors (Lipinski definition) is 6. The predicted octanol–water partition coefficient (Wildman–Crippen LogP) is 5.71. The summed E-state index contributed by atoms with van der Waals surface area (Å²) in [5.74, 6) is 0.752. The molecule has 0 bridgehead atoms. The molecule has 0 spiro atoms. The maximum Gasteiger partial charge on any atom is 0.257 e. The van der Waals surface area contributed by atoms with Crippen LogP contribution in [0.4, 0.5) is 5.13 Å². The molecule has 1 heterocycles. The summed E-state index contributed by atoms with van der Waals surface area (Å²) >= 11 is 15.0. The lowest BCUT2D eigenvalue weighted by molar-refractivity contribution is 0.102. The average Bonchev–Trinajstić information content (AvgIpc) is 3.07. The first-order valence-corrected chi connectivity index (χ1v) is 10.4. The Balaban J connectivity index is 1.64. The van der Waals surface area contributed by atoms with Gasteiger partial charge in [0, 0.05) is 11.3 Å². The van der Waals surface area contributed by atoms with Crippen LogP contribution in [0.1, 0.15) is 21.5 Å². The van der Waals surface area contributed by atoms with E-state index in [4.69, 9.17) is 27.9 Å². The maximum absolute atomic E-state index is 12.4. The highest BCUT2D eigenvalue weighted by Crippen LogP contribution is 2.34. The number of halogens is 2. The first-order valence-electron chi connectivity index (χ1n) is 7.82. The first-order chi connectivity index (χ1) is 13.0. The standard InChI is InChI=1S/C18H15Cl2N3O2S2/c1-10-4-3-5-11(6-10)9-26-18-23-22-17(27-18)21-16(24)12-7-13(19)15(25-2)14(20)8-12/h3-8H,9H2,1-2H3,(H,21,22,24). The molecule has 0 radical (unpaired) electrons. The van der Waals surface area contributed by atoms with Gasteiger partial charge in [-0.3, -0.25) is 10.1 Å². The van der Waals surface area contributed by atoms with Crippen LogP contribution in [-0.4, -0.2) is 23.2 Å². The number of aryl methyl sites for hydroxylation is 1. The lowest BCUT2D eigenvalue weighted by Crippen LogP contribution is -2.12. The summed E-state index contributed by atoms with van der Waals surface area (Å²) in [4.78, 5) is 12.4. The Morgan fingerprint density at radius 3 is 2.63 bits per heavy atom. The molecule has 1 aromatic heterocycles. The predicted molar refractivity (Wildman–Crippen MR) is 112 cm³/mol. The van der Waals surface area contributed by atoms with E-state index >= 15 is 0 Å². The minimum atomic E-state index is -0.368. The van der Waals surface area contributed by atoms with Gasteiger partial charge in [0.2, 0.25) is 5.13 Å². The number of aromatic nitrogens is 2. The van der Waals surface area contributed by atoms with E-state index in [1.165, 1.54) is 41.7 Å². The number of carbonyl (C=O) groups excluding carboxylic acids is 1. The molecule has 0 fully saturated rings. The van der Waals surface area contributed by atoms with Gasteiger partial charge < -0.3 is 4.74 Å². The van der Waals surface area contributed by atoms with E-state index in [-0.39, 0.29) is 16.0 Å². The molecular formula is C18H15Cl2N3O2S2. The molecule has 2 aromatic carbocycles. The number of rotatable bonds is 6. The summed E-state index contributed by atoms with van der Waals surface area (Å²) in [7, 11) is 1.46. The summed E-state index contributed by atoms with van der Waals surface area (Å²) in [5, 5.41) is 11.8. The highest BCUT2D eigenvalue weighted by molar-refractivity contribution is 8.00. The van der Waals surface area contributed by atoms with Crippen LogP contribution in [0.3, 0.4) is 0 Å². The van der Waals surface area contributed by atoms with Crippen molar-refractivity contribution in [3.05, 3.63) is 63.1 Å². The monoisotopic (exact) mass is 439 g/mol. The van der Waals surface area contributed by atoms with Crippen LogP contribution >= 0.6 is 46.3 Å². The zero-order valence-electron chi connectivity index (χ0n) is 14.5. The van der Waals surface area contributed by atoms with E-state index in [0.29, 0.717) is 16.4 Å². The third-order valence-electron chi connectivity index (χ3n) is 3.54. The van der Waals surface area contributed by atoms with Gasteiger partial charge in [-0.05, 0) is 24.6 Å². The fourth-order valence-corrected chi connectivity index (χ4v) is 4.65. The third kappa shape index (κ3) is 5.13. The normalized spacial score (nSPS) is 10.7. The van der Waals surface area contributed by atoms with Crippen LogP contribution < -0.4 is 10.1 Å². The molecule has 0 saturated carbocycles. The van der Waals surface area contributed by atoms with Crippen molar-refractivity contribution in [2.24, 2.45) is 0 Å². The quantitative estimate of drug-likeness (QED) is 0.393. The van der Waals surface area contributed by atoms with E-state index in [0.717, 1.165) is 10.1 Å². The van der Waals surface area contributed by atoms with Crippen molar-refractivity contribution in [2.45, 2.75) is 17.0 Å². The minimum Gasteiger partial charge on any atom is -0.494 e. The molecule has 0 saturated heterocycles. The summed E-state index contributed by atoms with van der Waals surface area (Å²) in [6.07, 6.45) is 0. The molecule has 0 atom stereocenters. The molecule has 3 rings (SSSR count). The Morgan fingerprint density at radius 2 is 1.96 bits per heavy atom. The fraction of sp³-hybridized carbons (Fsp3) is 0.167. The van der Waals surface area contributed by atoms with Gasteiger partial charge >= 0.3 is 0 Å². The van der Waals surface area contributed by atoms with Gasteiger partial charge in [-0.1, -0.05) is 76.1 Å². The largest absolute Gasteiger partial charge is 0.494 e. The van der Waals surface area contributed by atoms with E-state index in [2.05, 4.69) is 40.6 Å². The lowest BCUT2D eigenvalue weighted by Gasteiger charge is -2.08. The van der Waals surface area contributed by atoms with Gasteiger partial charge in [0.1, 0.15) is 0 Å². The van der Waals surface area contributed by atoms with Crippen molar-refractivity contribution in [1.82, 2.24) is 10.2 Å². The first kappa shape index (κ1) is 19.9. The van der Waals surface area contributed by atoms with E-state index in [1.54, 1.807) is 11.8 Å². The Bertz CT molecular complexity index is 956. The number of ether oxygens (including phenoxy) is 1. The lowest BCUT2D eigenvalue weighted by atomic mass is 10.2. The molecule has 1 N–H and O–H groups in total. The van der Waals surface area contributed by atoms with Crippen molar-refractivity contribution in [2.75, 3.05) is 12.4 Å². The number of nitrogens with one attached hydrogen (secondary N) is 1. The van der Waals surface area contributed by atoms with E-state index in [1.807, 2.05) is 6.07 Å². The second-order valence-corrected chi connectivity index (χ2v) is 8.59. The Kier molecular flexibility index (Phi) is 6.59. The van der Waals surface area contributed by atoms with Crippen LogP contribution in [0.2, 0.25) is 10.0 Å². The van der Waals surface area contributed by atoms with Crippen LogP contribution in [0.15, 0.2) is 40.7 Å². The number of benzene rings is 2. The SMILES string of the molecule is COc1c(Cl)cc(C(=O)Nc2nnc(SCc3cccc(C)c3)s2)cc1Cl. The highest BCUT2D eigenvalue weighted by atomic mass is 35.5. The topological polar surface area (TPSA) is 64.1 Å². The maximum atomic E-state index is 12.4. The molecule has 27 heavy (non-hydrogen) atoms. The summed E-state index contributed by atoms with van der Waals surface area (Å²) in [6, 6.07) is 11.3. The van der Waals surface area contributed by atoms with Crippen molar-refractivity contribution in [3.8, 4) is 5.75 Å². The van der Waals surface area contributed by atoms with Gasteiger partial charge in [0.25, 0.3) is 5.91 Å². The Hall–Kier alpha value is -1.80. The number of nitrogens with zero attached hydrogens (tertiary/aromatic N) is 2. The molecule has 9 heteroatoms. The zero-order chi connectivity index (χ0) is 19.4. The molecule has 0 aliphatic rings. The van der Waals surface area contributed by atoms with Gasteiger partial charge in [-0.15, -0.1) is 10.2 Å². The van der Waals surface area contributed by atoms with Crippen LogP contribution in [0.5, 0.6) is 5.75 Å². The average molecular weight is 440 g/mol. The number of thioether (sulfide) groups is 1. The highest BCUT2D eigenvalue weighted by Gasteiger charge is 2.15. The Morgan fingerprint density at radius 1 is 1.22 bits per heavy atom. The number of carbonyl (C=O) groups is 1. The second kappa shape index (κ2) is 8.93. The van der Waals surface area contributed by atoms with Crippen LogP contribution in [-0.2, 0) is 5.75 Å². The van der Waals surface area contributed by atoms with E-state index < -0.39 is 0 Å². The molecule has 140 valence electrons. The number of amides is 1. The van der Waals surface area contributed by atoms with Gasteiger partial charge in [-0.2, -0.15) is 0 Å². The van der Waals surface area contributed by atoms with Crippen molar-refractivity contribution >= 4 is 57.3 Å². The number of methoxy groups -OCH3 is 1. The molecule has 3 aromatic rings. The molecule has 0 unspecified atom stereocenters. The van der Waals surface area contributed by atoms with Crippen molar-refractivity contribution in [1.29, 1.82) is 0 Å². The Labute approximate surface area is 175 Å². The van der Waals surface area contributed by atoms with Gasteiger partial charge in [0.05, 0.1) is 17.2 Å². The number of hydrogen-bond donors (Lipinski definition) is 1. The minimum absolute atomic E-state index is 0.266. The van der Waals surface area contributed by atoms with Crippen molar-refractivity contribution < 1.29 is 9.53 Å². The smallest absolute Gasteiger partial charge is 0.257 e. The molecule has 0 aliphatic carbocycles. The van der Waals surface area contributed by atoms with Crippen LogP contribution in [0, 0.1) is 6.92 Å². The third-order valence-corrected chi connectivity index (χ3v) is 6.14. The fourth-order valence-electron chi connectivity index (χ4n) is 2.32. The van der Waals surface area contributed by atoms with Gasteiger partial charge in [-0.25, -0.2) is 0 Å². The van der Waals surface area contributed by atoms with E-state index in [9.17, 15) is 4.79 Å². The molecule has 5 nitrogen and oxygen atoms in total. The molecular weight excluding hydrogens is 425 g/mol. The zero-order valence-corrected chi connectivity index (χ0v) is 17.6. The summed E-state index contributed by atoms with van der Waals surface area (Å²) in [6.45, 7) is 2.06. The van der Waals surface area contributed by atoms with Gasteiger partial charge in [0.15, 0.2) is 10.1 Å². The summed E-state index contributed by atoms with van der Waals surface area (Å²) < 4.78 is 5.86. The second-order valence-electron chi connectivity index (χ2n) is 5.58. The van der Waals surface area contributed by atoms with Crippen molar-refractivity contribution in [3.63, 3.8) is 0 Å². The van der Waals surface area contributed by atoms with Crippen LogP contribution in [0.25, 0.3) is 0 Å². The summed E-state index contributed by atoms with van der Waals surface area (Å²) in [5.41, 5.74) is 2.74. The number of anilines is 1.